The molecule has 0 aromatic heterocycles. The van der Waals surface area contributed by atoms with Gasteiger partial charge in [0.15, 0.2) is 0 Å². The molecule has 5 nitrogen and oxygen atoms in total. The van der Waals surface area contributed by atoms with Gasteiger partial charge in [0.25, 0.3) is 5.69 Å². The van der Waals surface area contributed by atoms with Gasteiger partial charge in [-0.05, 0) is 30.7 Å². The van der Waals surface area contributed by atoms with Gasteiger partial charge in [-0.3, -0.25) is 19.8 Å². The average molecular weight is 382 g/mol. The molecule has 136 valence electrons. The first-order valence-corrected chi connectivity index (χ1v) is 8.54. The molecule has 0 fully saturated rings. The van der Waals surface area contributed by atoms with Crippen molar-refractivity contribution in [2.75, 3.05) is 4.90 Å². The Hall–Kier alpha value is -2.55. The fourth-order valence-corrected chi connectivity index (χ4v) is 3.75. The van der Waals surface area contributed by atoms with E-state index in [0.717, 1.165) is 23.9 Å². The Morgan fingerprint density at radius 1 is 1.15 bits per heavy atom. The van der Waals surface area contributed by atoms with Gasteiger partial charge in [0.2, 0.25) is 5.91 Å². The maximum absolute atomic E-state index is 13.1. The second-order valence-corrected chi connectivity index (χ2v) is 6.75. The Kier molecular flexibility index (Phi) is 4.66. The molecule has 0 unspecified atom stereocenters. The van der Waals surface area contributed by atoms with Gasteiger partial charge >= 0.3 is 6.18 Å². The van der Waals surface area contributed by atoms with Gasteiger partial charge in [-0.15, -0.1) is 0 Å². The van der Waals surface area contributed by atoms with Crippen LogP contribution in [0.3, 0.4) is 0 Å². The second-order valence-electron chi connectivity index (χ2n) is 5.67. The number of nitro benzene ring substituents is 1. The van der Waals surface area contributed by atoms with Gasteiger partial charge in [-0.25, -0.2) is 0 Å². The number of non-ortho nitro benzene ring substituents is 1. The Balaban J connectivity index is 2.17. The molecule has 0 N–H and O–H groups in total. The number of nitro groups is 1. The smallest absolute Gasteiger partial charge is 0.279 e. The van der Waals surface area contributed by atoms with Crippen LogP contribution < -0.4 is 4.90 Å². The number of carbonyl (C=O) groups is 1. The molecular formula is C17H13F3N2O3S. The zero-order valence-corrected chi connectivity index (χ0v) is 14.4. The summed E-state index contributed by atoms with van der Waals surface area (Å²) in [6, 6.07) is 7.14. The third kappa shape index (κ3) is 3.26. The highest BCUT2D eigenvalue weighted by Gasteiger charge is 2.35. The molecule has 0 atom stereocenters. The number of rotatable bonds is 3. The minimum Gasteiger partial charge on any atom is -0.279 e. The fourth-order valence-electron chi connectivity index (χ4n) is 2.68. The van der Waals surface area contributed by atoms with Crippen molar-refractivity contribution < 1.29 is 22.9 Å². The molecule has 1 aliphatic heterocycles. The van der Waals surface area contributed by atoms with Crippen LogP contribution in [-0.4, -0.2) is 10.8 Å². The SMILES string of the molecule is CCCC(=O)N1c2ccc([N+](=O)[O-])cc2Sc2ccc(C(F)(F)F)cc21. The first-order valence-electron chi connectivity index (χ1n) is 7.73. The van der Waals surface area contributed by atoms with Crippen molar-refractivity contribution >= 4 is 34.7 Å². The van der Waals surface area contributed by atoms with Crippen molar-refractivity contribution in [3.05, 3.63) is 52.1 Å². The molecule has 0 radical (unpaired) electrons. The van der Waals surface area contributed by atoms with E-state index in [2.05, 4.69) is 0 Å². The predicted octanol–water partition coefficient (Wildman–Crippen LogP) is 5.54. The molecule has 3 rings (SSSR count). The third-order valence-electron chi connectivity index (χ3n) is 3.86. The summed E-state index contributed by atoms with van der Waals surface area (Å²) in [6.07, 6.45) is -3.86. The van der Waals surface area contributed by atoms with Gasteiger partial charge in [0, 0.05) is 28.3 Å². The maximum atomic E-state index is 13.1. The van der Waals surface area contributed by atoms with E-state index in [1.807, 2.05) is 0 Å². The van der Waals surface area contributed by atoms with Crippen LogP contribution in [0.1, 0.15) is 25.3 Å². The van der Waals surface area contributed by atoms with Crippen molar-refractivity contribution in [1.29, 1.82) is 0 Å². The monoisotopic (exact) mass is 382 g/mol. The van der Waals surface area contributed by atoms with Gasteiger partial charge in [0.1, 0.15) is 0 Å². The van der Waals surface area contributed by atoms with Gasteiger partial charge in [-0.2, -0.15) is 13.2 Å². The number of carbonyl (C=O) groups excluding carboxylic acids is 1. The lowest BCUT2D eigenvalue weighted by Crippen LogP contribution is -2.28. The fraction of sp³-hybridized carbons (Fsp3) is 0.235. The van der Waals surface area contributed by atoms with Gasteiger partial charge < -0.3 is 0 Å². The highest BCUT2D eigenvalue weighted by Crippen LogP contribution is 2.50. The normalized spacial score (nSPS) is 13.2. The van der Waals surface area contributed by atoms with Crippen LogP contribution in [-0.2, 0) is 11.0 Å². The standard InChI is InChI=1S/C17H13F3N2O3S/c1-2-3-16(23)21-12-6-5-11(22(24)25)9-15(12)26-14-7-4-10(8-13(14)21)17(18,19)20/h4-9H,2-3H2,1H3. The molecule has 26 heavy (non-hydrogen) atoms. The van der Waals surface area contributed by atoms with Crippen LogP contribution in [0.5, 0.6) is 0 Å². The number of alkyl halides is 3. The van der Waals surface area contributed by atoms with E-state index in [4.69, 9.17) is 0 Å². The summed E-state index contributed by atoms with van der Waals surface area (Å²) >= 11 is 1.11. The van der Waals surface area contributed by atoms with Crippen molar-refractivity contribution in [3.8, 4) is 0 Å². The molecule has 0 aliphatic carbocycles. The quantitative estimate of drug-likeness (QED) is 0.516. The number of nitrogens with zero attached hydrogens (tertiary/aromatic N) is 2. The van der Waals surface area contributed by atoms with Crippen molar-refractivity contribution in [2.24, 2.45) is 0 Å². The van der Waals surface area contributed by atoms with E-state index in [0.29, 0.717) is 21.9 Å². The number of halogens is 3. The molecule has 2 aromatic carbocycles. The number of hydrogen-bond donors (Lipinski definition) is 0. The molecule has 1 amide bonds. The van der Waals surface area contributed by atoms with E-state index in [1.54, 1.807) is 6.92 Å². The van der Waals surface area contributed by atoms with Crippen LogP contribution >= 0.6 is 11.8 Å². The third-order valence-corrected chi connectivity index (χ3v) is 4.97. The zero-order valence-electron chi connectivity index (χ0n) is 13.5. The minimum atomic E-state index is -4.53. The zero-order chi connectivity index (χ0) is 19.1. The van der Waals surface area contributed by atoms with Crippen molar-refractivity contribution in [2.45, 2.75) is 35.7 Å². The molecule has 9 heteroatoms. The molecular weight excluding hydrogens is 369 g/mol. The van der Waals surface area contributed by atoms with E-state index in [-0.39, 0.29) is 23.7 Å². The summed E-state index contributed by atoms with van der Waals surface area (Å²) in [5.41, 5.74) is -0.499. The predicted molar refractivity (Wildman–Crippen MR) is 90.7 cm³/mol. The lowest BCUT2D eigenvalue weighted by Gasteiger charge is -2.31. The van der Waals surface area contributed by atoms with E-state index < -0.39 is 16.7 Å². The molecule has 0 spiro atoms. The number of amides is 1. The maximum Gasteiger partial charge on any atom is 0.416 e. The van der Waals surface area contributed by atoms with Crippen molar-refractivity contribution in [1.82, 2.24) is 0 Å². The van der Waals surface area contributed by atoms with Gasteiger partial charge in [-0.1, -0.05) is 18.7 Å². The molecule has 0 bridgehead atoms. The van der Waals surface area contributed by atoms with E-state index >= 15 is 0 Å². The largest absolute Gasteiger partial charge is 0.416 e. The minimum absolute atomic E-state index is 0.143. The second kappa shape index (κ2) is 6.64. The Bertz CT molecular complexity index is 899. The Morgan fingerprint density at radius 2 is 1.88 bits per heavy atom. The highest BCUT2D eigenvalue weighted by atomic mass is 32.2. The molecule has 0 saturated heterocycles. The van der Waals surface area contributed by atoms with Crippen LogP contribution in [0.4, 0.5) is 30.2 Å². The molecule has 2 aromatic rings. The summed E-state index contributed by atoms with van der Waals surface area (Å²) < 4.78 is 39.3. The van der Waals surface area contributed by atoms with Gasteiger partial charge in [0.05, 0.1) is 21.9 Å². The van der Waals surface area contributed by atoms with Crippen molar-refractivity contribution in [3.63, 3.8) is 0 Å². The Labute approximate surface area is 151 Å². The van der Waals surface area contributed by atoms with Crippen LogP contribution in [0.2, 0.25) is 0 Å². The highest BCUT2D eigenvalue weighted by molar-refractivity contribution is 7.99. The van der Waals surface area contributed by atoms with Crippen LogP contribution in [0.25, 0.3) is 0 Å². The first kappa shape index (κ1) is 18.2. The molecule has 1 heterocycles. The number of fused-ring (bicyclic) bond motifs is 2. The van der Waals surface area contributed by atoms with Crippen LogP contribution in [0.15, 0.2) is 46.2 Å². The Morgan fingerprint density at radius 3 is 2.50 bits per heavy atom. The summed E-state index contributed by atoms with van der Waals surface area (Å²) in [4.78, 5) is 25.2. The summed E-state index contributed by atoms with van der Waals surface area (Å²) in [6.45, 7) is 1.79. The topological polar surface area (TPSA) is 63.5 Å². The summed E-state index contributed by atoms with van der Waals surface area (Å²) in [5.74, 6) is -0.358. The average Bonchev–Trinajstić information content (AvgIpc) is 2.57. The molecule has 0 saturated carbocycles. The number of hydrogen-bond acceptors (Lipinski definition) is 4. The van der Waals surface area contributed by atoms with Crippen LogP contribution in [0, 0.1) is 10.1 Å². The summed E-state index contributed by atoms with van der Waals surface area (Å²) in [7, 11) is 0. The molecule has 1 aliphatic rings. The van der Waals surface area contributed by atoms with E-state index in [9.17, 15) is 28.1 Å². The van der Waals surface area contributed by atoms with E-state index in [1.165, 1.54) is 29.2 Å². The summed E-state index contributed by atoms with van der Waals surface area (Å²) in [5, 5.41) is 11.0. The lowest BCUT2D eigenvalue weighted by atomic mass is 10.1. The lowest BCUT2D eigenvalue weighted by molar-refractivity contribution is -0.385. The number of benzene rings is 2. The number of anilines is 2. The first-order chi connectivity index (χ1) is 12.2.